The molecule has 0 N–H and O–H groups in total. The maximum atomic E-state index is 14.3. The van der Waals surface area contributed by atoms with Gasteiger partial charge in [-0.25, -0.2) is 15.0 Å². The first-order valence-corrected chi connectivity index (χ1v) is 18.7. The van der Waals surface area contributed by atoms with E-state index >= 15 is 0 Å². The Hall–Kier alpha value is -8.90. The number of para-hydroxylation sites is 1. The summed E-state index contributed by atoms with van der Waals surface area (Å²) < 4.78 is 44.6. The molecule has 2 heterocycles. The highest BCUT2D eigenvalue weighted by atomic mass is 19.4. The van der Waals surface area contributed by atoms with Crippen molar-refractivity contribution in [2.75, 3.05) is 0 Å². The third-order valence-electron chi connectivity index (χ3n) is 10.4. The number of nitriles is 4. The van der Waals surface area contributed by atoms with Gasteiger partial charge in [0.1, 0.15) is 0 Å². The van der Waals surface area contributed by atoms with E-state index in [1.165, 1.54) is 18.2 Å². The zero-order valence-corrected chi connectivity index (χ0v) is 31.6. The molecule has 0 unspecified atom stereocenters. The van der Waals surface area contributed by atoms with Gasteiger partial charge in [-0.05, 0) is 60.7 Å². The Bertz CT molecular complexity index is 3250. The first-order valence-electron chi connectivity index (χ1n) is 18.7. The minimum Gasteiger partial charge on any atom is -0.308 e. The lowest BCUT2D eigenvalue weighted by Crippen LogP contribution is -2.06. The van der Waals surface area contributed by atoms with E-state index < -0.39 is 11.7 Å². The summed E-state index contributed by atoms with van der Waals surface area (Å²) in [5.41, 5.74) is 4.87. The molecular formula is C50H25F3N8. The molecule has 8 nitrogen and oxygen atoms in total. The number of aromatic nitrogens is 4. The van der Waals surface area contributed by atoms with Gasteiger partial charge in [-0.15, -0.1) is 0 Å². The Labute approximate surface area is 346 Å². The van der Waals surface area contributed by atoms with Crippen LogP contribution in [0.1, 0.15) is 27.8 Å². The molecular weight excluding hydrogens is 770 g/mol. The van der Waals surface area contributed by atoms with Crippen LogP contribution in [0.25, 0.3) is 83.9 Å². The van der Waals surface area contributed by atoms with E-state index in [0.29, 0.717) is 67.0 Å². The molecule has 7 aromatic carbocycles. The molecule has 9 rings (SSSR count). The van der Waals surface area contributed by atoms with E-state index in [-0.39, 0.29) is 28.1 Å². The predicted molar refractivity (Wildman–Crippen MR) is 225 cm³/mol. The summed E-state index contributed by atoms with van der Waals surface area (Å²) in [5, 5.41) is 41.8. The molecule has 0 atom stereocenters. The maximum Gasteiger partial charge on any atom is 0.416 e. The van der Waals surface area contributed by atoms with E-state index in [1.807, 2.05) is 65.2 Å². The van der Waals surface area contributed by atoms with Gasteiger partial charge in [-0.2, -0.15) is 34.2 Å². The number of hydrogen-bond donors (Lipinski definition) is 0. The van der Waals surface area contributed by atoms with Crippen LogP contribution in [0.2, 0.25) is 0 Å². The molecule has 0 aliphatic carbocycles. The minimum absolute atomic E-state index is 0.148. The molecule has 0 spiro atoms. The van der Waals surface area contributed by atoms with Gasteiger partial charge in [0, 0.05) is 49.7 Å². The van der Waals surface area contributed by atoms with Crippen LogP contribution in [0, 0.1) is 45.3 Å². The van der Waals surface area contributed by atoms with E-state index in [1.54, 1.807) is 60.7 Å². The lowest BCUT2D eigenvalue weighted by molar-refractivity contribution is -0.137. The standard InChI is InChI=1S/C50H25F3N8/c51-50(52,53)37-17-20-45-41(25-37)40-13-7-8-14-44(40)61(45)46-42(38-18-15-30(26-54)21-35(38)28-56)23-34(24-43(46)39-19-16-31(27-55)22-36(39)29-57)49-59-47(32-9-3-1-4-10-32)58-48(60-49)33-11-5-2-6-12-33/h1-25H. The second kappa shape index (κ2) is 15.1. The second-order valence-corrected chi connectivity index (χ2v) is 14.0. The average molecular weight is 795 g/mol. The SMILES string of the molecule is N#Cc1ccc(-c2cc(-c3nc(-c4ccccc4)nc(-c4ccccc4)n3)cc(-c3ccc(C#N)cc3C#N)c2-n2c3ccccc3c3cc(C(F)(F)F)ccc32)c(C#N)c1. The van der Waals surface area contributed by atoms with Crippen LogP contribution in [0.15, 0.2) is 152 Å². The lowest BCUT2D eigenvalue weighted by Gasteiger charge is -2.22. The molecule has 0 radical (unpaired) electrons. The molecule has 0 fully saturated rings. The van der Waals surface area contributed by atoms with Crippen molar-refractivity contribution in [2.24, 2.45) is 0 Å². The van der Waals surface area contributed by atoms with Gasteiger partial charge in [-0.1, -0.05) is 91.0 Å². The molecule has 2 aromatic heterocycles. The van der Waals surface area contributed by atoms with Crippen molar-refractivity contribution >= 4 is 21.8 Å². The zero-order valence-electron chi connectivity index (χ0n) is 31.6. The molecule has 0 aliphatic rings. The van der Waals surface area contributed by atoms with Gasteiger partial charge in [0.05, 0.1) is 68.8 Å². The largest absolute Gasteiger partial charge is 0.416 e. The number of fused-ring (bicyclic) bond motifs is 3. The van der Waals surface area contributed by atoms with Crippen molar-refractivity contribution in [3.8, 4) is 86.4 Å². The molecule has 0 bridgehead atoms. The van der Waals surface area contributed by atoms with Crippen molar-refractivity contribution in [1.29, 1.82) is 21.0 Å². The highest BCUT2D eigenvalue weighted by molar-refractivity contribution is 6.11. The summed E-state index contributed by atoms with van der Waals surface area (Å²) in [7, 11) is 0. The highest BCUT2D eigenvalue weighted by Gasteiger charge is 2.32. The number of halogens is 3. The molecule has 9 aromatic rings. The van der Waals surface area contributed by atoms with Crippen molar-refractivity contribution < 1.29 is 13.2 Å². The summed E-state index contributed by atoms with van der Waals surface area (Å²) in [6.45, 7) is 0. The van der Waals surface area contributed by atoms with Gasteiger partial charge < -0.3 is 4.57 Å². The average Bonchev–Trinajstić information content (AvgIpc) is 3.64. The Morgan fingerprint density at radius 2 is 0.902 bits per heavy atom. The van der Waals surface area contributed by atoms with Crippen LogP contribution in [-0.4, -0.2) is 19.5 Å². The predicted octanol–water partition coefficient (Wildman–Crippen LogP) is 11.8. The normalized spacial score (nSPS) is 11.1. The second-order valence-electron chi connectivity index (χ2n) is 14.0. The van der Waals surface area contributed by atoms with E-state index in [0.717, 1.165) is 23.3 Å². The topological polar surface area (TPSA) is 139 Å². The zero-order chi connectivity index (χ0) is 42.3. The Kier molecular flexibility index (Phi) is 9.34. The fraction of sp³-hybridized carbons (Fsp3) is 0.0200. The van der Waals surface area contributed by atoms with Crippen molar-refractivity contribution in [3.63, 3.8) is 0 Å². The van der Waals surface area contributed by atoms with Crippen LogP contribution in [0.5, 0.6) is 0 Å². The number of rotatable bonds is 6. The summed E-state index contributed by atoms with van der Waals surface area (Å²) in [6, 6.07) is 51.1. The monoisotopic (exact) mass is 794 g/mol. The molecule has 11 heteroatoms. The van der Waals surface area contributed by atoms with Gasteiger partial charge in [0.2, 0.25) is 0 Å². The Morgan fingerprint density at radius 1 is 0.426 bits per heavy atom. The van der Waals surface area contributed by atoms with Gasteiger partial charge in [-0.3, -0.25) is 0 Å². The van der Waals surface area contributed by atoms with E-state index in [2.05, 4.69) is 24.3 Å². The third-order valence-corrected chi connectivity index (χ3v) is 10.4. The summed E-state index contributed by atoms with van der Waals surface area (Å²) in [5.74, 6) is 1.01. The summed E-state index contributed by atoms with van der Waals surface area (Å²) in [4.78, 5) is 14.8. The first-order chi connectivity index (χ1) is 29.7. The number of benzene rings is 7. The van der Waals surface area contributed by atoms with Crippen LogP contribution in [-0.2, 0) is 6.18 Å². The van der Waals surface area contributed by atoms with Gasteiger partial charge >= 0.3 is 6.18 Å². The van der Waals surface area contributed by atoms with Crippen molar-refractivity contribution in [3.05, 3.63) is 179 Å². The highest BCUT2D eigenvalue weighted by Crippen LogP contribution is 2.46. The number of alkyl halides is 3. The van der Waals surface area contributed by atoms with Crippen LogP contribution < -0.4 is 0 Å². The molecule has 286 valence electrons. The van der Waals surface area contributed by atoms with Gasteiger partial charge in [0.25, 0.3) is 0 Å². The Balaban J connectivity index is 1.48. The van der Waals surface area contributed by atoms with E-state index in [4.69, 9.17) is 15.0 Å². The minimum atomic E-state index is -4.62. The molecule has 0 saturated carbocycles. The van der Waals surface area contributed by atoms with E-state index in [9.17, 15) is 34.2 Å². The fourth-order valence-corrected chi connectivity index (χ4v) is 7.63. The molecule has 0 amide bonds. The smallest absolute Gasteiger partial charge is 0.308 e. The van der Waals surface area contributed by atoms with Crippen LogP contribution >= 0.6 is 0 Å². The lowest BCUT2D eigenvalue weighted by atomic mass is 9.88. The fourth-order valence-electron chi connectivity index (χ4n) is 7.63. The van der Waals surface area contributed by atoms with Crippen molar-refractivity contribution in [2.45, 2.75) is 6.18 Å². The first kappa shape index (κ1) is 37.7. The number of nitrogens with zero attached hydrogens (tertiary/aromatic N) is 8. The quantitative estimate of drug-likeness (QED) is 0.163. The third kappa shape index (κ3) is 6.75. The van der Waals surface area contributed by atoms with Crippen molar-refractivity contribution in [1.82, 2.24) is 19.5 Å². The van der Waals surface area contributed by atoms with Crippen LogP contribution in [0.3, 0.4) is 0 Å². The van der Waals surface area contributed by atoms with Crippen LogP contribution in [0.4, 0.5) is 13.2 Å². The molecule has 0 saturated heterocycles. The maximum absolute atomic E-state index is 14.3. The number of hydrogen-bond acceptors (Lipinski definition) is 7. The molecule has 61 heavy (non-hydrogen) atoms. The summed E-state index contributed by atoms with van der Waals surface area (Å²) >= 11 is 0. The summed E-state index contributed by atoms with van der Waals surface area (Å²) in [6.07, 6.45) is -4.62. The van der Waals surface area contributed by atoms with Gasteiger partial charge in [0.15, 0.2) is 17.5 Å². The Morgan fingerprint density at radius 3 is 1.39 bits per heavy atom. The molecule has 0 aliphatic heterocycles.